The molecule has 1 saturated carbocycles. The number of carbonyl (C=O) groups excluding carboxylic acids is 3. The second-order valence-corrected chi connectivity index (χ2v) is 7.76. The van der Waals surface area contributed by atoms with Gasteiger partial charge in [0, 0.05) is 18.0 Å². The summed E-state index contributed by atoms with van der Waals surface area (Å²) in [5.41, 5.74) is -0.483. The molecule has 3 unspecified atom stereocenters. The highest BCUT2D eigenvalue weighted by Gasteiger charge is 2.55. The van der Waals surface area contributed by atoms with Crippen LogP contribution in [-0.2, 0) is 15.1 Å². The maximum atomic E-state index is 13.2. The van der Waals surface area contributed by atoms with Gasteiger partial charge in [-0.1, -0.05) is 38.0 Å². The molecule has 1 saturated heterocycles. The van der Waals surface area contributed by atoms with Gasteiger partial charge in [0.15, 0.2) is 5.54 Å². The summed E-state index contributed by atoms with van der Waals surface area (Å²) in [7, 11) is 0. The first kappa shape index (κ1) is 17.8. The zero-order valence-electron chi connectivity index (χ0n) is 15.5. The quantitative estimate of drug-likeness (QED) is 0.795. The van der Waals surface area contributed by atoms with E-state index in [4.69, 9.17) is 4.74 Å². The minimum atomic E-state index is -1.13. The van der Waals surface area contributed by atoms with Crippen molar-refractivity contribution in [2.24, 2.45) is 5.92 Å². The second-order valence-electron chi connectivity index (χ2n) is 7.76. The van der Waals surface area contributed by atoms with Crippen LogP contribution in [-0.4, -0.2) is 41.9 Å². The van der Waals surface area contributed by atoms with Crippen LogP contribution in [0.1, 0.15) is 44.6 Å². The third-order valence-corrected chi connectivity index (χ3v) is 6.02. The maximum absolute atomic E-state index is 13.2. The van der Waals surface area contributed by atoms with Gasteiger partial charge in [0.1, 0.15) is 12.3 Å². The van der Waals surface area contributed by atoms with Crippen molar-refractivity contribution in [2.45, 2.75) is 50.6 Å². The lowest BCUT2D eigenvalue weighted by Gasteiger charge is -2.33. The number of carbonyl (C=O) groups is 3. The molecule has 3 aliphatic rings. The van der Waals surface area contributed by atoms with Gasteiger partial charge in [-0.3, -0.25) is 14.5 Å². The Morgan fingerprint density at radius 3 is 2.89 bits per heavy atom. The van der Waals surface area contributed by atoms with Crippen molar-refractivity contribution in [3.63, 3.8) is 0 Å². The van der Waals surface area contributed by atoms with Crippen LogP contribution in [0.25, 0.3) is 0 Å². The molecule has 1 aromatic rings. The van der Waals surface area contributed by atoms with E-state index in [9.17, 15) is 14.4 Å². The zero-order chi connectivity index (χ0) is 19.0. The Hall–Kier alpha value is -2.57. The summed E-state index contributed by atoms with van der Waals surface area (Å²) in [4.78, 5) is 39.2. The lowest BCUT2D eigenvalue weighted by atomic mass is 9.84. The van der Waals surface area contributed by atoms with E-state index in [0.29, 0.717) is 30.3 Å². The molecule has 2 heterocycles. The molecule has 1 aliphatic carbocycles. The molecule has 1 aromatic carbocycles. The van der Waals surface area contributed by atoms with E-state index in [1.165, 1.54) is 6.42 Å². The van der Waals surface area contributed by atoms with Gasteiger partial charge < -0.3 is 15.4 Å². The number of nitrogens with one attached hydrogen (secondary N) is 2. The lowest BCUT2D eigenvalue weighted by molar-refractivity contribution is -0.136. The molecule has 144 valence electrons. The summed E-state index contributed by atoms with van der Waals surface area (Å²) in [6, 6.07) is 6.81. The molecular formula is C20H25N3O4. The lowest BCUT2D eigenvalue weighted by Crippen LogP contribution is -2.49. The summed E-state index contributed by atoms with van der Waals surface area (Å²) in [6.07, 6.45) is 4.67. The number of para-hydroxylation sites is 1. The zero-order valence-corrected chi connectivity index (χ0v) is 15.5. The first-order valence-corrected chi connectivity index (χ1v) is 9.67. The van der Waals surface area contributed by atoms with Crippen molar-refractivity contribution >= 4 is 17.8 Å². The molecule has 7 nitrogen and oxygen atoms in total. The molecule has 1 spiro atoms. The Kier molecular flexibility index (Phi) is 4.53. The van der Waals surface area contributed by atoms with E-state index in [0.717, 1.165) is 24.2 Å². The number of urea groups is 1. The molecule has 27 heavy (non-hydrogen) atoms. The Labute approximate surface area is 158 Å². The van der Waals surface area contributed by atoms with Crippen LogP contribution >= 0.6 is 0 Å². The van der Waals surface area contributed by atoms with Crippen LogP contribution in [0, 0.1) is 5.92 Å². The molecule has 2 fully saturated rings. The molecule has 4 amide bonds. The number of fused-ring (bicyclic) bond motifs is 2. The standard InChI is InChI=1S/C20H25N3O4/c1-13-6-2-4-8-15(13)21-17(24)12-23-18(25)20(22-19(23)26)10-11-27-16-9-5-3-7-14(16)20/h3,5,7,9,13,15H,2,4,6,8,10-12H2,1H3,(H,21,24)(H,22,26). The largest absolute Gasteiger partial charge is 0.493 e. The van der Waals surface area contributed by atoms with Crippen LogP contribution in [0.2, 0.25) is 0 Å². The second kappa shape index (κ2) is 6.87. The number of imide groups is 1. The Bertz CT molecular complexity index is 780. The van der Waals surface area contributed by atoms with Gasteiger partial charge in [0.25, 0.3) is 5.91 Å². The molecule has 2 N–H and O–H groups in total. The third-order valence-electron chi connectivity index (χ3n) is 6.02. The summed E-state index contributed by atoms with van der Waals surface area (Å²) < 4.78 is 5.62. The van der Waals surface area contributed by atoms with Gasteiger partial charge in [0.05, 0.1) is 6.61 Å². The number of nitrogens with zero attached hydrogens (tertiary/aromatic N) is 1. The van der Waals surface area contributed by atoms with Crippen LogP contribution in [0.15, 0.2) is 24.3 Å². The topological polar surface area (TPSA) is 87.7 Å². The van der Waals surface area contributed by atoms with Gasteiger partial charge in [-0.2, -0.15) is 0 Å². The van der Waals surface area contributed by atoms with Crippen molar-refractivity contribution in [3.8, 4) is 5.75 Å². The first-order chi connectivity index (χ1) is 13.0. The fraction of sp³-hybridized carbons (Fsp3) is 0.550. The van der Waals surface area contributed by atoms with Gasteiger partial charge >= 0.3 is 6.03 Å². The van der Waals surface area contributed by atoms with Crippen LogP contribution in [0.5, 0.6) is 5.75 Å². The van der Waals surface area contributed by atoms with E-state index >= 15 is 0 Å². The minimum Gasteiger partial charge on any atom is -0.493 e. The molecule has 7 heteroatoms. The predicted molar refractivity (Wildman–Crippen MR) is 98.0 cm³/mol. The Morgan fingerprint density at radius 1 is 1.30 bits per heavy atom. The van der Waals surface area contributed by atoms with Gasteiger partial charge in [-0.15, -0.1) is 0 Å². The molecular weight excluding hydrogens is 346 g/mol. The summed E-state index contributed by atoms with van der Waals surface area (Å²) in [6.45, 7) is 2.22. The summed E-state index contributed by atoms with van der Waals surface area (Å²) in [5, 5.41) is 5.83. The van der Waals surface area contributed by atoms with Crippen LogP contribution in [0.4, 0.5) is 4.79 Å². The van der Waals surface area contributed by atoms with Gasteiger partial charge in [0.2, 0.25) is 5.91 Å². The molecule has 0 aromatic heterocycles. The highest BCUT2D eigenvalue weighted by Crippen LogP contribution is 2.40. The summed E-state index contributed by atoms with van der Waals surface area (Å²) in [5.74, 6) is 0.351. The van der Waals surface area contributed by atoms with Crippen LogP contribution < -0.4 is 15.4 Å². The fourth-order valence-electron chi connectivity index (χ4n) is 4.44. The first-order valence-electron chi connectivity index (χ1n) is 9.67. The van der Waals surface area contributed by atoms with Crippen molar-refractivity contribution in [3.05, 3.63) is 29.8 Å². The third kappa shape index (κ3) is 3.05. The monoisotopic (exact) mass is 371 g/mol. The van der Waals surface area contributed by atoms with E-state index in [1.54, 1.807) is 12.1 Å². The number of rotatable bonds is 3. The van der Waals surface area contributed by atoms with Crippen molar-refractivity contribution in [1.82, 2.24) is 15.5 Å². The number of amides is 4. The van der Waals surface area contributed by atoms with E-state index < -0.39 is 11.6 Å². The molecule has 2 aliphatic heterocycles. The molecule has 0 radical (unpaired) electrons. The number of hydrogen-bond donors (Lipinski definition) is 2. The van der Waals surface area contributed by atoms with Gasteiger partial charge in [-0.25, -0.2) is 4.79 Å². The van der Waals surface area contributed by atoms with E-state index in [1.807, 2.05) is 12.1 Å². The maximum Gasteiger partial charge on any atom is 0.325 e. The predicted octanol–water partition coefficient (Wildman–Crippen LogP) is 1.91. The highest BCUT2D eigenvalue weighted by atomic mass is 16.5. The highest BCUT2D eigenvalue weighted by molar-refractivity contribution is 6.09. The molecule has 4 rings (SSSR count). The minimum absolute atomic E-state index is 0.116. The van der Waals surface area contributed by atoms with Crippen molar-refractivity contribution in [2.75, 3.05) is 13.2 Å². The van der Waals surface area contributed by atoms with Crippen molar-refractivity contribution in [1.29, 1.82) is 0 Å². The average molecular weight is 371 g/mol. The molecule has 3 atom stereocenters. The van der Waals surface area contributed by atoms with Crippen LogP contribution in [0.3, 0.4) is 0 Å². The number of benzene rings is 1. The summed E-state index contributed by atoms with van der Waals surface area (Å²) >= 11 is 0. The van der Waals surface area contributed by atoms with Crippen molar-refractivity contribution < 1.29 is 19.1 Å². The Morgan fingerprint density at radius 2 is 2.07 bits per heavy atom. The Balaban J connectivity index is 1.50. The average Bonchev–Trinajstić information content (AvgIpc) is 2.89. The number of hydrogen-bond acceptors (Lipinski definition) is 4. The SMILES string of the molecule is CC1CCCCC1NC(=O)CN1C(=O)NC2(CCOc3ccccc32)C1=O. The van der Waals surface area contributed by atoms with E-state index in [-0.39, 0.29) is 24.4 Å². The van der Waals surface area contributed by atoms with E-state index in [2.05, 4.69) is 17.6 Å². The normalized spacial score (nSPS) is 29.9. The number of ether oxygens (including phenoxy) is 1. The van der Waals surface area contributed by atoms with Gasteiger partial charge in [-0.05, 0) is 24.8 Å². The fourth-order valence-corrected chi connectivity index (χ4v) is 4.44. The molecule has 0 bridgehead atoms. The smallest absolute Gasteiger partial charge is 0.325 e.